The highest BCUT2D eigenvalue weighted by atomic mass is 16.5. The smallest absolute Gasteiger partial charge is 0.408 e. The van der Waals surface area contributed by atoms with E-state index in [-0.39, 0.29) is 18.4 Å². The number of carbonyl (C=O) groups is 3. The van der Waals surface area contributed by atoms with Crippen molar-refractivity contribution in [2.45, 2.75) is 50.6 Å². The van der Waals surface area contributed by atoms with E-state index in [1.54, 1.807) is 26.0 Å². The van der Waals surface area contributed by atoms with Crippen molar-refractivity contribution in [1.82, 2.24) is 10.6 Å². The summed E-state index contributed by atoms with van der Waals surface area (Å²) in [5.41, 5.74) is 3.33. The number of hydrogen-bond donors (Lipinski definition) is 3. The molecule has 0 fully saturated rings. The van der Waals surface area contributed by atoms with Crippen molar-refractivity contribution in [2.24, 2.45) is 5.92 Å². The van der Waals surface area contributed by atoms with E-state index in [1.165, 1.54) is 0 Å². The van der Waals surface area contributed by atoms with Crippen LogP contribution in [-0.4, -0.2) is 41.3 Å². The van der Waals surface area contributed by atoms with Gasteiger partial charge in [0.2, 0.25) is 5.91 Å². The molecular formula is C27H30N2O5. The predicted octanol–water partition coefficient (Wildman–Crippen LogP) is 4.23. The second kappa shape index (κ2) is 9.71. The molecule has 0 radical (unpaired) electrons. The fourth-order valence-corrected chi connectivity index (χ4v) is 4.69. The Morgan fingerprint density at radius 1 is 1.06 bits per heavy atom. The average molecular weight is 463 g/mol. The van der Waals surface area contributed by atoms with Crippen molar-refractivity contribution in [2.75, 3.05) is 6.61 Å². The van der Waals surface area contributed by atoms with Crippen molar-refractivity contribution in [3.63, 3.8) is 0 Å². The standard InChI is InChI=1S/C27H30N2O5/c1-3-27(2,25(32)28-18-10-8-9-17(15-18)24(30)31)29-26(33)34-16-23-21-13-6-4-11-19(21)20-12-5-7-14-22(20)23/h4-8,10-14,17-18,23H,3,9,15-16H2,1-2H3,(H,28,32)(H,29,33)(H,30,31). The number of carboxylic acid groups (broad SMARTS) is 1. The predicted molar refractivity (Wildman–Crippen MR) is 128 cm³/mol. The van der Waals surface area contributed by atoms with Crippen molar-refractivity contribution in [3.8, 4) is 11.1 Å². The van der Waals surface area contributed by atoms with Crippen LogP contribution in [0.5, 0.6) is 0 Å². The third-order valence-corrected chi connectivity index (χ3v) is 6.92. The minimum Gasteiger partial charge on any atom is -0.481 e. The van der Waals surface area contributed by atoms with E-state index in [0.717, 1.165) is 22.3 Å². The maximum absolute atomic E-state index is 13.0. The number of allylic oxidation sites excluding steroid dienone is 1. The van der Waals surface area contributed by atoms with E-state index in [9.17, 15) is 19.5 Å². The molecule has 2 amide bonds. The normalized spacial score (nSPS) is 20.5. The number of benzene rings is 2. The molecule has 3 atom stereocenters. The van der Waals surface area contributed by atoms with E-state index in [4.69, 9.17) is 4.74 Å². The van der Waals surface area contributed by atoms with Gasteiger partial charge < -0.3 is 20.5 Å². The largest absolute Gasteiger partial charge is 0.481 e. The number of amides is 2. The molecular weight excluding hydrogens is 432 g/mol. The fourth-order valence-electron chi connectivity index (χ4n) is 4.69. The Bertz CT molecular complexity index is 1080. The molecule has 3 N–H and O–H groups in total. The highest BCUT2D eigenvalue weighted by Gasteiger charge is 2.36. The second-order valence-electron chi connectivity index (χ2n) is 9.15. The minimum atomic E-state index is -1.19. The molecule has 7 nitrogen and oxygen atoms in total. The Morgan fingerprint density at radius 2 is 1.68 bits per heavy atom. The number of alkyl carbamates (subject to hydrolysis) is 1. The Morgan fingerprint density at radius 3 is 2.26 bits per heavy atom. The van der Waals surface area contributed by atoms with Crippen molar-refractivity contribution in [3.05, 3.63) is 71.8 Å². The third kappa shape index (κ3) is 4.69. The molecule has 0 saturated carbocycles. The molecule has 2 aromatic rings. The quantitative estimate of drug-likeness (QED) is 0.534. The van der Waals surface area contributed by atoms with Crippen molar-refractivity contribution < 1.29 is 24.2 Å². The number of ether oxygens (including phenoxy) is 1. The number of carboxylic acids is 1. The number of hydrogen-bond acceptors (Lipinski definition) is 4. The first-order valence-electron chi connectivity index (χ1n) is 11.7. The molecule has 0 heterocycles. The van der Waals surface area contributed by atoms with Gasteiger partial charge >= 0.3 is 12.1 Å². The summed E-state index contributed by atoms with van der Waals surface area (Å²) < 4.78 is 5.60. The van der Waals surface area contributed by atoms with Gasteiger partial charge in [0.25, 0.3) is 0 Å². The van der Waals surface area contributed by atoms with Crippen molar-refractivity contribution >= 4 is 18.0 Å². The fraction of sp³-hybridized carbons (Fsp3) is 0.370. The van der Waals surface area contributed by atoms with Crippen LogP contribution in [0.4, 0.5) is 4.79 Å². The first-order valence-corrected chi connectivity index (χ1v) is 11.7. The van der Waals surface area contributed by atoms with Gasteiger partial charge in [-0.1, -0.05) is 67.6 Å². The summed E-state index contributed by atoms with van der Waals surface area (Å²) in [5, 5.41) is 14.9. The Labute approximate surface area is 199 Å². The third-order valence-electron chi connectivity index (χ3n) is 6.92. The summed E-state index contributed by atoms with van der Waals surface area (Å²) in [6.45, 7) is 3.61. The lowest BCUT2D eigenvalue weighted by Gasteiger charge is -2.31. The zero-order chi connectivity index (χ0) is 24.3. The summed E-state index contributed by atoms with van der Waals surface area (Å²) in [7, 11) is 0. The molecule has 4 rings (SSSR count). The summed E-state index contributed by atoms with van der Waals surface area (Å²) in [4.78, 5) is 37.0. The van der Waals surface area contributed by atoms with Gasteiger partial charge in [-0.25, -0.2) is 4.79 Å². The summed E-state index contributed by atoms with van der Waals surface area (Å²) >= 11 is 0. The molecule has 3 unspecified atom stereocenters. The summed E-state index contributed by atoms with van der Waals surface area (Å²) in [6.07, 6.45) is 4.04. The molecule has 34 heavy (non-hydrogen) atoms. The lowest BCUT2D eigenvalue weighted by Crippen LogP contribution is -2.58. The average Bonchev–Trinajstić information content (AvgIpc) is 3.16. The van der Waals surface area contributed by atoms with Gasteiger partial charge in [0, 0.05) is 12.0 Å². The summed E-state index contributed by atoms with van der Waals surface area (Å²) in [6, 6.07) is 15.8. The van der Waals surface area contributed by atoms with E-state index >= 15 is 0 Å². The van der Waals surface area contributed by atoms with Crippen molar-refractivity contribution in [1.29, 1.82) is 0 Å². The minimum absolute atomic E-state index is 0.0693. The van der Waals surface area contributed by atoms with E-state index in [1.807, 2.05) is 36.4 Å². The van der Waals surface area contributed by atoms with Crippen LogP contribution in [0.15, 0.2) is 60.7 Å². The van der Waals surface area contributed by atoms with Crippen LogP contribution >= 0.6 is 0 Å². The Balaban J connectivity index is 1.39. The van der Waals surface area contributed by atoms with E-state index < -0.39 is 29.6 Å². The molecule has 178 valence electrons. The number of rotatable bonds is 7. The first-order chi connectivity index (χ1) is 16.3. The highest BCUT2D eigenvalue weighted by Crippen LogP contribution is 2.44. The molecule has 0 aliphatic heterocycles. The maximum Gasteiger partial charge on any atom is 0.408 e. The van der Waals surface area contributed by atoms with Gasteiger partial charge in [-0.3, -0.25) is 9.59 Å². The summed E-state index contributed by atoms with van der Waals surface area (Å²) in [5.74, 6) is -1.85. The molecule has 0 aromatic heterocycles. The highest BCUT2D eigenvalue weighted by molar-refractivity contribution is 5.90. The molecule has 0 spiro atoms. The molecule has 2 aromatic carbocycles. The number of carbonyl (C=O) groups excluding carboxylic acids is 2. The molecule has 7 heteroatoms. The first kappa shape index (κ1) is 23.5. The van der Waals surface area contributed by atoms with Crippen LogP contribution in [0.2, 0.25) is 0 Å². The van der Waals surface area contributed by atoms with Gasteiger partial charge in [0.15, 0.2) is 0 Å². The molecule has 2 aliphatic carbocycles. The van der Waals surface area contributed by atoms with Gasteiger partial charge in [-0.2, -0.15) is 0 Å². The molecule has 0 saturated heterocycles. The van der Waals surface area contributed by atoms with Crippen LogP contribution in [0, 0.1) is 5.92 Å². The van der Waals surface area contributed by atoms with Crippen LogP contribution in [-0.2, 0) is 14.3 Å². The number of fused-ring (bicyclic) bond motifs is 3. The van der Waals surface area contributed by atoms with Crippen LogP contribution in [0.3, 0.4) is 0 Å². The van der Waals surface area contributed by atoms with Crippen LogP contribution < -0.4 is 10.6 Å². The Kier molecular flexibility index (Phi) is 6.72. The SMILES string of the molecule is CCC(C)(NC(=O)OCC1c2ccccc2-c2ccccc21)C(=O)NC1C=CCC(C(=O)O)C1. The van der Waals surface area contributed by atoms with E-state index in [2.05, 4.69) is 22.8 Å². The Hall–Kier alpha value is -3.61. The number of aliphatic carboxylic acids is 1. The van der Waals surface area contributed by atoms with Crippen LogP contribution in [0.25, 0.3) is 11.1 Å². The van der Waals surface area contributed by atoms with Gasteiger partial charge in [-0.05, 0) is 48.4 Å². The van der Waals surface area contributed by atoms with Gasteiger partial charge in [0.1, 0.15) is 12.1 Å². The zero-order valence-electron chi connectivity index (χ0n) is 19.4. The van der Waals surface area contributed by atoms with Gasteiger partial charge in [0.05, 0.1) is 5.92 Å². The lowest BCUT2D eigenvalue weighted by molar-refractivity contribution is -0.142. The maximum atomic E-state index is 13.0. The monoisotopic (exact) mass is 462 g/mol. The number of nitrogens with one attached hydrogen (secondary N) is 2. The van der Waals surface area contributed by atoms with Crippen LogP contribution in [0.1, 0.15) is 50.2 Å². The second-order valence-corrected chi connectivity index (χ2v) is 9.15. The van der Waals surface area contributed by atoms with E-state index in [0.29, 0.717) is 19.3 Å². The zero-order valence-corrected chi connectivity index (χ0v) is 19.4. The molecule has 2 aliphatic rings. The topological polar surface area (TPSA) is 105 Å². The lowest BCUT2D eigenvalue weighted by atomic mass is 9.90. The van der Waals surface area contributed by atoms with Gasteiger partial charge in [-0.15, -0.1) is 0 Å². The molecule has 0 bridgehead atoms.